The smallest absolute Gasteiger partial charge is 0.294 e. The van der Waals surface area contributed by atoms with Crippen LogP contribution in [-0.2, 0) is 16.1 Å². The third-order valence-corrected chi connectivity index (χ3v) is 5.51. The fourth-order valence-electron chi connectivity index (χ4n) is 3.71. The maximum atomic E-state index is 12.9. The van der Waals surface area contributed by atoms with Crippen molar-refractivity contribution in [1.29, 1.82) is 0 Å². The third kappa shape index (κ3) is 3.62. The number of nitrogens with zero attached hydrogens (tertiary/aromatic N) is 5. The molecule has 1 amide bonds. The number of morpholine rings is 1. The second-order valence-electron chi connectivity index (χ2n) is 7.67. The Labute approximate surface area is 164 Å². The molecule has 0 N–H and O–H groups in total. The van der Waals surface area contributed by atoms with E-state index in [0.29, 0.717) is 38.0 Å². The number of rotatable bonds is 5. The van der Waals surface area contributed by atoms with Gasteiger partial charge < -0.3 is 14.2 Å². The van der Waals surface area contributed by atoms with E-state index in [1.807, 2.05) is 18.5 Å². The maximum absolute atomic E-state index is 12.9. The number of hydroxylamine groups is 2. The van der Waals surface area contributed by atoms with Gasteiger partial charge in [-0.05, 0) is 31.2 Å². The average Bonchev–Trinajstić information content (AvgIpc) is 3.22. The van der Waals surface area contributed by atoms with E-state index in [1.54, 1.807) is 0 Å². The van der Waals surface area contributed by atoms with Crippen molar-refractivity contribution in [3.63, 3.8) is 0 Å². The normalized spacial score (nSPS) is 20.0. The molecule has 3 aliphatic rings. The van der Waals surface area contributed by atoms with Crippen LogP contribution < -0.4 is 4.90 Å². The Bertz CT molecular complexity index is 834. The molecule has 0 atom stereocenters. The Morgan fingerprint density at radius 1 is 1.07 bits per heavy atom. The number of hydrogen-bond acceptors (Lipinski definition) is 6. The number of ether oxygens (including phenoxy) is 1. The second kappa shape index (κ2) is 7.52. The minimum atomic E-state index is -0.0599. The lowest BCUT2D eigenvalue weighted by Crippen LogP contribution is -2.37. The van der Waals surface area contributed by atoms with Gasteiger partial charge in [-0.1, -0.05) is 0 Å². The monoisotopic (exact) mass is 383 g/mol. The van der Waals surface area contributed by atoms with Crippen molar-refractivity contribution in [2.45, 2.75) is 25.8 Å². The van der Waals surface area contributed by atoms with Crippen LogP contribution in [0, 0.1) is 5.92 Å². The molecule has 2 saturated heterocycles. The van der Waals surface area contributed by atoms with E-state index < -0.39 is 0 Å². The van der Waals surface area contributed by atoms with Gasteiger partial charge in [0, 0.05) is 49.4 Å². The molecule has 2 aromatic rings. The predicted molar refractivity (Wildman–Crippen MR) is 103 cm³/mol. The third-order valence-electron chi connectivity index (χ3n) is 5.51. The summed E-state index contributed by atoms with van der Waals surface area (Å²) < 4.78 is 7.46. The van der Waals surface area contributed by atoms with E-state index in [2.05, 4.69) is 25.6 Å². The summed E-state index contributed by atoms with van der Waals surface area (Å²) in [5.41, 5.74) is 2.57. The summed E-state index contributed by atoms with van der Waals surface area (Å²) in [6.45, 7) is 5.18. The van der Waals surface area contributed by atoms with Crippen molar-refractivity contribution in [3.05, 3.63) is 30.4 Å². The zero-order chi connectivity index (χ0) is 18.9. The fraction of sp³-hybridized carbons (Fsp3) is 0.550. The Kier molecular flexibility index (Phi) is 4.74. The molecular weight excluding hydrogens is 358 g/mol. The molecule has 8 heteroatoms. The van der Waals surface area contributed by atoms with Crippen molar-refractivity contribution >= 4 is 11.9 Å². The lowest BCUT2D eigenvalue weighted by atomic mass is 10.2. The van der Waals surface area contributed by atoms with Gasteiger partial charge in [0.15, 0.2) is 0 Å². The van der Waals surface area contributed by atoms with Gasteiger partial charge in [-0.3, -0.25) is 9.63 Å². The molecule has 2 aliphatic heterocycles. The Morgan fingerprint density at radius 2 is 1.86 bits per heavy atom. The minimum Gasteiger partial charge on any atom is -0.378 e. The number of aromatic nitrogens is 3. The molecule has 3 fully saturated rings. The van der Waals surface area contributed by atoms with Crippen LogP contribution in [0.1, 0.15) is 29.8 Å². The zero-order valence-corrected chi connectivity index (χ0v) is 15.9. The van der Waals surface area contributed by atoms with E-state index in [0.717, 1.165) is 43.1 Å². The first-order chi connectivity index (χ1) is 13.8. The second-order valence-corrected chi connectivity index (χ2v) is 7.67. The highest BCUT2D eigenvalue weighted by Gasteiger charge is 2.28. The lowest BCUT2D eigenvalue weighted by molar-refractivity contribution is -0.0774. The van der Waals surface area contributed by atoms with Gasteiger partial charge in [0.1, 0.15) is 5.69 Å². The standard InChI is InChI=1S/C20H25N5O3/c26-19(25-4-1-7-28-25)18-10-16(14-24(18)13-15-2-3-15)17-11-21-20(22-12-17)23-5-8-27-9-6-23/h10-12,14-15H,1-9,13H2. The molecule has 0 aromatic carbocycles. The molecule has 0 unspecified atom stereocenters. The minimum absolute atomic E-state index is 0.0599. The molecule has 1 saturated carbocycles. The first kappa shape index (κ1) is 17.6. The summed E-state index contributed by atoms with van der Waals surface area (Å²) in [4.78, 5) is 29.6. The predicted octanol–water partition coefficient (Wildman–Crippen LogP) is 1.97. The molecular formula is C20H25N5O3. The van der Waals surface area contributed by atoms with E-state index in [9.17, 15) is 4.79 Å². The van der Waals surface area contributed by atoms with Gasteiger partial charge in [0.2, 0.25) is 5.95 Å². The van der Waals surface area contributed by atoms with Gasteiger partial charge >= 0.3 is 0 Å². The average molecular weight is 383 g/mol. The zero-order valence-electron chi connectivity index (χ0n) is 15.9. The molecule has 4 heterocycles. The van der Waals surface area contributed by atoms with Gasteiger partial charge in [-0.25, -0.2) is 15.0 Å². The van der Waals surface area contributed by atoms with Crippen LogP contribution in [-0.4, -0.2) is 65.0 Å². The van der Waals surface area contributed by atoms with E-state index >= 15 is 0 Å². The lowest BCUT2D eigenvalue weighted by Gasteiger charge is -2.26. The molecule has 0 spiro atoms. The maximum Gasteiger partial charge on any atom is 0.294 e. The summed E-state index contributed by atoms with van der Waals surface area (Å²) in [7, 11) is 0. The van der Waals surface area contributed by atoms with Crippen molar-refractivity contribution in [2.75, 3.05) is 44.4 Å². The topological polar surface area (TPSA) is 72.7 Å². The molecule has 28 heavy (non-hydrogen) atoms. The van der Waals surface area contributed by atoms with Crippen molar-refractivity contribution in [2.24, 2.45) is 5.92 Å². The number of amides is 1. The van der Waals surface area contributed by atoms with Crippen molar-refractivity contribution in [3.8, 4) is 11.1 Å². The molecule has 5 rings (SSSR count). The van der Waals surface area contributed by atoms with Crippen LogP contribution in [0.5, 0.6) is 0 Å². The highest BCUT2D eigenvalue weighted by molar-refractivity contribution is 5.93. The summed E-state index contributed by atoms with van der Waals surface area (Å²) in [6, 6.07) is 1.94. The highest BCUT2D eigenvalue weighted by atomic mass is 16.7. The summed E-state index contributed by atoms with van der Waals surface area (Å²) in [5, 5.41) is 1.49. The van der Waals surface area contributed by atoms with Crippen LogP contribution >= 0.6 is 0 Å². The van der Waals surface area contributed by atoms with Crippen LogP contribution in [0.3, 0.4) is 0 Å². The molecule has 0 radical (unpaired) electrons. The van der Waals surface area contributed by atoms with E-state index in [4.69, 9.17) is 9.57 Å². The van der Waals surface area contributed by atoms with Gasteiger partial charge in [0.05, 0.1) is 26.4 Å². The Hall–Kier alpha value is -2.45. The van der Waals surface area contributed by atoms with Crippen LogP contribution in [0.15, 0.2) is 24.7 Å². The number of anilines is 1. The SMILES string of the molecule is O=C(c1cc(-c2cnc(N3CCOCC3)nc2)cn1CC1CC1)N1CCCO1. The van der Waals surface area contributed by atoms with Crippen LogP contribution in [0.25, 0.3) is 11.1 Å². The first-order valence-electron chi connectivity index (χ1n) is 10.1. The van der Waals surface area contributed by atoms with E-state index in [1.165, 1.54) is 17.9 Å². The van der Waals surface area contributed by atoms with Crippen LogP contribution in [0.2, 0.25) is 0 Å². The van der Waals surface area contributed by atoms with Crippen molar-refractivity contribution < 1.29 is 14.4 Å². The largest absolute Gasteiger partial charge is 0.378 e. The number of carbonyl (C=O) groups excluding carboxylic acids is 1. The first-order valence-corrected chi connectivity index (χ1v) is 10.1. The summed E-state index contributed by atoms with van der Waals surface area (Å²) >= 11 is 0. The highest BCUT2D eigenvalue weighted by Crippen LogP contribution is 2.33. The van der Waals surface area contributed by atoms with Crippen LogP contribution in [0.4, 0.5) is 5.95 Å². The van der Waals surface area contributed by atoms with Crippen molar-refractivity contribution in [1.82, 2.24) is 19.6 Å². The molecule has 1 aliphatic carbocycles. The fourth-order valence-corrected chi connectivity index (χ4v) is 3.71. The Balaban J connectivity index is 1.40. The molecule has 8 nitrogen and oxygen atoms in total. The number of carbonyl (C=O) groups is 1. The van der Waals surface area contributed by atoms with Gasteiger partial charge in [0.25, 0.3) is 5.91 Å². The van der Waals surface area contributed by atoms with E-state index in [-0.39, 0.29) is 5.91 Å². The summed E-state index contributed by atoms with van der Waals surface area (Å²) in [6.07, 6.45) is 9.09. The Morgan fingerprint density at radius 3 is 2.54 bits per heavy atom. The molecule has 2 aromatic heterocycles. The van der Waals surface area contributed by atoms with Gasteiger partial charge in [-0.15, -0.1) is 0 Å². The molecule has 148 valence electrons. The summed E-state index contributed by atoms with van der Waals surface area (Å²) in [5.74, 6) is 1.34. The molecule has 0 bridgehead atoms. The number of hydrogen-bond donors (Lipinski definition) is 0. The quantitative estimate of drug-likeness (QED) is 0.786. The van der Waals surface area contributed by atoms with Gasteiger partial charge in [-0.2, -0.15) is 0 Å².